The van der Waals surface area contributed by atoms with Crippen LogP contribution < -0.4 is 0 Å². The molecule has 2 aromatic heterocycles. The third kappa shape index (κ3) is 2.94. The van der Waals surface area contributed by atoms with Crippen molar-refractivity contribution in [2.45, 2.75) is 32.2 Å². The lowest BCUT2D eigenvalue weighted by molar-refractivity contribution is 0.0706. The van der Waals surface area contributed by atoms with E-state index in [0.717, 1.165) is 31.6 Å². The third-order valence-electron chi connectivity index (χ3n) is 3.94. The van der Waals surface area contributed by atoms with Crippen LogP contribution in [0.25, 0.3) is 0 Å². The highest BCUT2D eigenvalue weighted by Crippen LogP contribution is 2.26. The zero-order valence-corrected chi connectivity index (χ0v) is 12.1. The molecule has 3 rings (SSSR count). The maximum absolute atomic E-state index is 12.5. The van der Waals surface area contributed by atoms with E-state index in [1.165, 1.54) is 0 Å². The van der Waals surface area contributed by atoms with Crippen LogP contribution in [0.4, 0.5) is 0 Å². The van der Waals surface area contributed by atoms with E-state index in [2.05, 4.69) is 15.1 Å². The third-order valence-corrected chi connectivity index (χ3v) is 3.94. The Bertz CT molecular complexity index is 610. The summed E-state index contributed by atoms with van der Waals surface area (Å²) in [5, 5.41) is 4.18. The van der Waals surface area contributed by atoms with Gasteiger partial charge in [-0.25, -0.2) is 9.97 Å². The molecule has 2 aromatic rings. The number of aromatic nitrogens is 4. The highest BCUT2D eigenvalue weighted by molar-refractivity contribution is 5.93. The minimum Gasteiger partial charge on any atom is -0.338 e. The van der Waals surface area contributed by atoms with Gasteiger partial charge in [-0.2, -0.15) is 5.10 Å². The normalized spacial score (nSPS) is 18.7. The molecule has 1 saturated heterocycles. The lowest BCUT2D eigenvalue weighted by Gasteiger charge is -2.32. The monoisotopic (exact) mass is 285 g/mol. The molecule has 0 bridgehead atoms. The van der Waals surface area contributed by atoms with Gasteiger partial charge < -0.3 is 4.90 Å². The number of hydrogen-bond donors (Lipinski definition) is 0. The number of piperidine rings is 1. The van der Waals surface area contributed by atoms with E-state index in [4.69, 9.17) is 0 Å². The molecule has 0 spiro atoms. The summed E-state index contributed by atoms with van der Waals surface area (Å²) in [5.41, 5.74) is 1.69. The number of carbonyl (C=O) groups excluding carboxylic acids is 1. The van der Waals surface area contributed by atoms with E-state index in [9.17, 15) is 4.79 Å². The van der Waals surface area contributed by atoms with Crippen molar-refractivity contribution >= 4 is 5.91 Å². The molecule has 1 atom stereocenters. The molecule has 0 N–H and O–H groups in total. The summed E-state index contributed by atoms with van der Waals surface area (Å²) in [5.74, 6) is 0.361. The molecule has 0 saturated carbocycles. The smallest absolute Gasteiger partial charge is 0.257 e. The second kappa shape index (κ2) is 6.03. The quantitative estimate of drug-likeness (QED) is 0.861. The molecular weight excluding hydrogens is 266 g/mol. The van der Waals surface area contributed by atoms with Crippen LogP contribution in [0.15, 0.2) is 31.0 Å². The molecule has 1 aliphatic rings. The first-order valence-electron chi connectivity index (χ1n) is 7.35. The van der Waals surface area contributed by atoms with Crippen LogP contribution in [0.3, 0.4) is 0 Å². The first-order valence-corrected chi connectivity index (χ1v) is 7.35. The summed E-state index contributed by atoms with van der Waals surface area (Å²) in [4.78, 5) is 22.7. The maximum atomic E-state index is 12.5. The van der Waals surface area contributed by atoms with Gasteiger partial charge in [-0.05, 0) is 25.8 Å². The summed E-state index contributed by atoms with van der Waals surface area (Å²) in [6.07, 6.45) is 8.86. The van der Waals surface area contributed by atoms with Crippen molar-refractivity contribution in [1.29, 1.82) is 0 Å². The Balaban J connectivity index is 1.72. The van der Waals surface area contributed by atoms with Gasteiger partial charge >= 0.3 is 0 Å². The summed E-state index contributed by atoms with van der Waals surface area (Å²) in [6.45, 7) is 4.30. The van der Waals surface area contributed by atoms with Crippen LogP contribution in [0.5, 0.6) is 0 Å². The molecule has 6 heteroatoms. The van der Waals surface area contributed by atoms with Crippen LogP contribution in [0.2, 0.25) is 0 Å². The Morgan fingerprint density at radius 2 is 2.38 bits per heavy atom. The van der Waals surface area contributed by atoms with E-state index in [1.54, 1.807) is 23.4 Å². The Labute approximate surface area is 123 Å². The van der Waals surface area contributed by atoms with Gasteiger partial charge in [0, 0.05) is 43.6 Å². The van der Waals surface area contributed by atoms with Crippen LogP contribution in [-0.2, 0) is 6.54 Å². The Hall–Kier alpha value is -2.24. The molecule has 0 aromatic carbocycles. The van der Waals surface area contributed by atoms with Gasteiger partial charge in [0.25, 0.3) is 5.91 Å². The van der Waals surface area contributed by atoms with Gasteiger partial charge in [0.2, 0.25) is 0 Å². The summed E-state index contributed by atoms with van der Waals surface area (Å²) in [6, 6.07) is 1.94. The minimum atomic E-state index is 0.0634. The molecular formula is C15H19N5O. The predicted octanol–water partition coefficient (Wildman–Crippen LogP) is 1.71. The molecule has 1 amide bonds. The van der Waals surface area contributed by atoms with Crippen molar-refractivity contribution in [2.75, 3.05) is 13.1 Å². The Morgan fingerprint density at radius 3 is 3.10 bits per heavy atom. The fourth-order valence-electron chi connectivity index (χ4n) is 2.77. The highest BCUT2D eigenvalue weighted by atomic mass is 16.2. The molecule has 0 radical (unpaired) electrons. The molecule has 21 heavy (non-hydrogen) atoms. The minimum absolute atomic E-state index is 0.0634. The lowest BCUT2D eigenvalue weighted by atomic mass is 9.94. The number of amides is 1. The van der Waals surface area contributed by atoms with Gasteiger partial charge in [0.1, 0.15) is 6.33 Å². The fourth-order valence-corrected chi connectivity index (χ4v) is 2.77. The van der Waals surface area contributed by atoms with E-state index in [0.29, 0.717) is 18.0 Å². The molecule has 3 heterocycles. The van der Waals surface area contributed by atoms with E-state index >= 15 is 0 Å². The Kier molecular flexibility index (Phi) is 3.94. The van der Waals surface area contributed by atoms with Gasteiger partial charge in [-0.1, -0.05) is 0 Å². The van der Waals surface area contributed by atoms with Crippen molar-refractivity contribution in [3.63, 3.8) is 0 Å². The van der Waals surface area contributed by atoms with E-state index in [1.807, 2.05) is 24.1 Å². The second-order valence-corrected chi connectivity index (χ2v) is 5.31. The topological polar surface area (TPSA) is 63.9 Å². The summed E-state index contributed by atoms with van der Waals surface area (Å²) in [7, 11) is 0. The van der Waals surface area contributed by atoms with Crippen LogP contribution in [-0.4, -0.2) is 43.6 Å². The van der Waals surface area contributed by atoms with Gasteiger partial charge in [-0.15, -0.1) is 0 Å². The maximum Gasteiger partial charge on any atom is 0.257 e. The van der Waals surface area contributed by atoms with E-state index < -0.39 is 0 Å². The van der Waals surface area contributed by atoms with Crippen molar-refractivity contribution in [3.8, 4) is 0 Å². The van der Waals surface area contributed by atoms with Crippen molar-refractivity contribution in [1.82, 2.24) is 24.6 Å². The standard InChI is InChI=1S/C15H19N5O/c1-2-20-10-13(8-18-20)15(21)19-7-3-4-12(9-19)14-5-6-16-11-17-14/h5-6,8,10-12H,2-4,7,9H2,1H3/t12-/m1/s1. The predicted molar refractivity (Wildman–Crippen MR) is 77.8 cm³/mol. The largest absolute Gasteiger partial charge is 0.338 e. The molecule has 1 fully saturated rings. The molecule has 0 unspecified atom stereocenters. The molecule has 0 aliphatic carbocycles. The average molecular weight is 285 g/mol. The Morgan fingerprint density at radius 1 is 1.48 bits per heavy atom. The lowest BCUT2D eigenvalue weighted by Crippen LogP contribution is -2.39. The zero-order valence-electron chi connectivity index (χ0n) is 12.1. The first kappa shape index (κ1) is 13.7. The molecule has 6 nitrogen and oxygen atoms in total. The number of aryl methyl sites for hydroxylation is 1. The summed E-state index contributed by atoms with van der Waals surface area (Å²) >= 11 is 0. The van der Waals surface area contributed by atoms with E-state index in [-0.39, 0.29) is 5.91 Å². The van der Waals surface area contributed by atoms with Crippen molar-refractivity contribution in [2.24, 2.45) is 0 Å². The molecule has 1 aliphatic heterocycles. The number of carbonyl (C=O) groups is 1. The van der Waals surface area contributed by atoms with Crippen molar-refractivity contribution < 1.29 is 4.79 Å². The summed E-state index contributed by atoms with van der Waals surface area (Å²) < 4.78 is 1.78. The number of nitrogens with zero attached hydrogens (tertiary/aromatic N) is 5. The second-order valence-electron chi connectivity index (χ2n) is 5.31. The average Bonchev–Trinajstić information content (AvgIpc) is 3.04. The fraction of sp³-hybridized carbons (Fsp3) is 0.467. The van der Waals surface area contributed by atoms with Crippen LogP contribution >= 0.6 is 0 Å². The van der Waals surface area contributed by atoms with Crippen LogP contribution in [0, 0.1) is 0 Å². The molecule has 110 valence electrons. The number of rotatable bonds is 3. The zero-order chi connectivity index (χ0) is 14.7. The number of likely N-dealkylation sites (tertiary alicyclic amines) is 1. The number of hydrogen-bond acceptors (Lipinski definition) is 4. The highest BCUT2D eigenvalue weighted by Gasteiger charge is 2.26. The van der Waals surface area contributed by atoms with Gasteiger partial charge in [-0.3, -0.25) is 9.48 Å². The van der Waals surface area contributed by atoms with Crippen LogP contribution in [0.1, 0.15) is 41.7 Å². The van der Waals surface area contributed by atoms with Gasteiger partial charge in [0.15, 0.2) is 0 Å². The first-order chi connectivity index (χ1) is 10.3. The van der Waals surface area contributed by atoms with Crippen molar-refractivity contribution in [3.05, 3.63) is 42.2 Å². The SMILES string of the molecule is CCn1cc(C(=O)N2CCC[C@@H](c3ccncn3)C2)cn1. The van der Waals surface area contributed by atoms with Gasteiger partial charge in [0.05, 0.1) is 11.8 Å².